The standard InChI is InChI=1S/C35H32N2O6/c1-35-27(32(40)37(34(35)42)22-12-6-3-7-13-22)20-26-23(30(35)24-14-8-9-15-28(24)43-19-18-38)16-17-25-29(26)33(41)36(31(25)39)21-10-4-2-5-11-21/h2-16,25-27,29-30,38H,17-20H2,1H3/t25-,26+,27-,29-,30+,35+/m0/s1. The molecular formula is C35H32N2O6. The van der Waals surface area contributed by atoms with Gasteiger partial charge in [-0.3, -0.25) is 24.1 Å². The average Bonchev–Trinajstić information content (AvgIpc) is 3.40. The highest BCUT2D eigenvalue weighted by molar-refractivity contribution is 6.25. The second kappa shape index (κ2) is 10.3. The minimum Gasteiger partial charge on any atom is -0.491 e. The molecule has 3 aromatic rings. The third-order valence-corrected chi connectivity index (χ3v) is 9.88. The van der Waals surface area contributed by atoms with Crippen molar-refractivity contribution in [3.05, 3.63) is 102 Å². The van der Waals surface area contributed by atoms with Crippen molar-refractivity contribution in [1.82, 2.24) is 0 Å². The Labute approximate surface area is 249 Å². The van der Waals surface area contributed by atoms with Gasteiger partial charge in [-0.2, -0.15) is 0 Å². The lowest BCUT2D eigenvalue weighted by atomic mass is 9.51. The van der Waals surface area contributed by atoms with Crippen molar-refractivity contribution in [3.63, 3.8) is 0 Å². The summed E-state index contributed by atoms with van der Waals surface area (Å²) in [6, 6.07) is 25.3. The molecule has 43 heavy (non-hydrogen) atoms. The number of ether oxygens (including phenoxy) is 1. The van der Waals surface area contributed by atoms with Crippen LogP contribution in [0, 0.1) is 29.1 Å². The molecule has 7 rings (SSSR count). The maximum atomic E-state index is 14.5. The molecule has 2 heterocycles. The third-order valence-electron chi connectivity index (χ3n) is 9.88. The summed E-state index contributed by atoms with van der Waals surface area (Å²) >= 11 is 0. The summed E-state index contributed by atoms with van der Waals surface area (Å²) in [5, 5.41) is 9.51. The van der Waals surface area contributed by atoms with Gasteiger partial charge in [0, 0.05) is 11.5 Å². The van der Waals surface area contributed by atoms with Gasteiger partial charge in [0.1, 0.15) is 12.4 Å². The lowest BCUT2D eigenvalue weighted by Gasteiger charge is -2.49. The van der Waals surface area contributed by atoms with E-state index in [2.05, 4.69) is 0 Å². The Morgan fingerprint density at radius 3 is 2.09 bits per heavy atom. The smallest absolute Gasteiger partial charge is 0.241 e. The molecule has 0 unspecified atom stereocenters. The van der Waals surface area contributed by atoms with Crippen LogP contribution >= 0.6 is 0 Å². The molecule has 2 aliphatic carbocycles. The number of carbonyl (C=O) groups excluding carboxylic acids is 4. The van der Waals surface area contributed by atoms with Crippen molar-refractivity contribution in [3.8, 4) is 5.75 Å². The summed E-state index contributed by atoms with van der Waals surface area (Å²) in [7, 11) is 0. The second-order valence-electron chi connectivity index (χ2n) is 12.0. The highest BCUT2D eigenvalue weighted by Gasteiger charge is 2.68. The molecule has 0 radical (unpaired) electrons. The van der Waals surface area contributed by atoms with E-state index >= 15 is 0 Å². The van der Waals surface area contributed by atoms with E-state index in [1.165, 1.54) is 9.80 Å². The Bertz CT molecular complexity index is 1650. The molecule has 8 heteroatoms. The molecule has 0 aromatic heterocycles. The molecule has 3 fully saturated rings. The van der Waals surface area contributed by atoms with Gasteiger partial charge in [0.25, 0.3) is 0 Å². The Hall–Kier alpha value is -4.56. The van der Waals surface area contributed by atoms with E-state index in [0.29, 0.717) is 23.5 Å². The van der Waals surface area contributed by atoms with Crippen LogP contribution in [0.15, 0.2) is 96.6 Å². The fourth-order valence-corrected chi connectivity index (χ4v) is 8.02. The number of para-hydroxylation sites is 3. The van der Waals surface area contributed by atoms with Gasteiger partial charge in [-0.1, -0.05) is 66.2 Å². The maximum Gasteiger partial charge on any atom is 0.241 e. The lowest BCUT2D eigenvalue weighted by molar-refractivity contribution is -0.131. The van der Waals surface area contributed by atoms with E-state index in [9.17, 15) is 24.3 Å². The summed E-state index contributed by atoms with van der Waals surface area (Å²) < 4.78 is 5.97. The van der Waals surface area contributed by atoms with Crippen LogP contribution in [-0.2, 0) is 19.2 Å². The highest BCUT2D eigenvalue weighted by atomic mass is 16.5. The Morgan fingerprint density at radius 2 is 1.42 bits per heavy atom. The number of fused-ring (bicyclic) bond motifs is 4. The molecule has 218 valence electrons. The fraction of sp³-hybridized carbons (Fsp3) is 0.314. The number of rotatable bonds is 6. The van der Waals surface area contributed by atoms with Gasteiger partial charge in [0.05, 0.1) is 41.2 Å². The first kappa shape index (κ1) is 27.3. The number of aliphatic hydroxyl groups is 1. The van der Waals surface area contributed by atoms with Gasteiger partial charge < -0.3 is 9.84 Å². The number of anilines is 2. The maximum absolute atomic E-state index is 14.5. The summed E-state index contributed by atoms with van der Waals surface area (Å²) in [5.41, 5.74) is 1.51. The van der Waals surface area contributed by atoms with E-state index in [0.717, 1.165) is 11.1 Å². The number of benzene rings is 3. The molecule has 6 atom stereocenters. The first-order valence-corrected chi connectivity index (χ1v) is 14.8. The van der Waals surface area contributed by atoms with Crippen molar-refractivity contribution < 1.29 is 29.0 Å². The van der Waals surface area contributed by atoms with Crippen LogP contribution in [-0.4, -0.2) is 41.9 Å². The number of aliphatic hydroxyl groups excluding tert-OH is 1. The number of amides is 4. The van der Waals surface area contributed by atoms with Crippen LogP contribution in [0.5, 0.6) is 5.75 Å². The first-order valence-electron chi connectivity index (χ1n) is 14.8. The van der Waals surface area contributed by atoms with Crippen LogP contribution < -0.4 is 14.5 Å². The van der Waals surface area contributed by atoms with E-state index in [1.54, 1.807) is 54.6 Å². The highest BCUT2D eigenvalue weighted by Crippen LogP contribution is 2.64. The molecule has 8 nitrogen and oxygen atoms in total. The second-order valence-corrected chi connectivity index (χ2v) is 12.0. The Morgan fingerprint density at radius 1 is 0.791 bits per heavy atom. The summed E-state index contributed by atoms with van der Waals surface area (Å²) in [6.07, 6.45) is 2.68. The molecule has 2 aliphatic heterocycles. The largest absolute Gasteiger partial charge is 0.491 e. The van der Waals surface area contributed by atoms with Crippen molar-refractivity contribution in [2.75, 3.05) is 23.0 Å². The zero-order valence-electron chi connectivity index (χ0n) is 23.8. The zero-order valence-corrected chi connectivity index (χ0v) is 23.8. The molecule has 0 bridgehead atoms. The molecule has 0 spiro atoms. The van der Waals surface area contributed by atoms with Crippen molar-refractivity contribution in [1.29, 1.82) is 0 Å². The normalized spacial score (nSPS) is 29.7. The number of allylic oxidation sites excluding steroid dienone is 2. The molecular weight excluding hydrogens is 544 g/mol. The quantitative estimate of drug-likeness (QED) is 0.343. The number of hydrogen-bond acceptors (Lipinski definition) is 6. The van der Waals surface area contributed by atoms with Gasteiger partial charge in [-0.25, -0.2) is 4.90 Å². The van der Waals surface area contributed by atoms with Crippen molar-refractivity contribution >= 4 is 35.0 Å². The van der Waals surface area contributed by atoms with E-state index < -0.39 is 35.0 Å². The SMILES string of the molecule is C[C@@]12C(=O)N(c3ccccc3)C(=O)[C@@H]1C[C@@H]1C(=CC[C@@H]3C(=O)N(c4ccccc4)C(=O)[C@@H]31)[C@@H]2c1ccccc1OCCO. The first-order chi connectivity index (χ1) is 20.9. The summed E-state index contributed by atoms with van der Waals surface area (Å²) in [4.78, 5) is 59.2. The summed E-state index contributed by atoms with van der Waals surface area (Å²) in [5.74, 6) is -3.45. The number of nitrogens with zero attached hydrogens (tertiary/aromatic N) is 2. The summed E-state index contributed by atoms with van der Waals surface area (Å²) in [6.45, 7) is 1.74. The van der Waals surface area contributed by atoms with Crippen molar-refractivity contribution in [2.45, 2.75) is 25.7 Å². The van der Waals surface area contributed by atoms with Gasteiger partial charge >= 0.3 is 0 Å². The van der Waals surface area contributed by atoms with E-state index in [-0.39, 0.29) is 43.3 Å². The predicted octanol–water partition coefficient (Wildman–Crippen LogP) is 4.49. The Kier molecular flexibility index (Phi) is 6.54. The molecule has 1 saturated carbocycles. The van der Waals surface area contributed by atoms with E-state index in [1.807, 2.05) is 43.3 Å². The monoisotopic (exact) mass is 576 g/mol. The lowest BCUT2D eigenvalue weighted by Crippen LogP contribution is -2.49. The van der Waals surface area contributed by atoms with Crippen LogP contribution in [0.1, 0.15) is 31.2 Å². The predicted molar refractivity (Wildman–Crippen MR) is 159 cm³/mol. The molecule has 4 aliphatic rings. The molecule has 3 aromatic carbocycles. The van der Waals surface area contributed by atoms with Gasteiger partial charge in [0.2, 0.25) is 23.6 Å². The number of hydrogen-bond donors (Lipinski definition) is 1. The topological polar surface area (TPSA) is 104 Å². The van der Waals surface area contributed by atoms with Crippen LogP contribution in [0.25, 0.3) is 0 Å². The van der Waals surface area contributed by atoms with Gasteiger partial charge in [-0.05, 0) is 56.0 Å². The van der Waals surface area contributed by atoms with Crippen LogP contribution in [0.2, 0.25) is 0 Å². The number of imide groups is 2. The zero-order chi connectivity index (χ0) is 29.9. The van der Waals surface area contributed by atoms with Crippen molar-refractivity contribution in [2.24, 2.45) is 29.1 Å². The molecule has 2 saturated heterocycles. The Balaban J connectivity index is 1.38. The molecule has 4 amide bonds. The molecule has 1 N–H and O–H groups in total. The number of carbonyl (C=O) groups is 4. The minimum absolute atomic E-state index is 0.0685. The van der Waals surface area contributed by atoms with Gasteiger partial charge in [0.15, 0.2) is 0 Å². The van der Waals surface area contributed by atoms with Crippen LogP contribution in [0.4, 0.5) is 11.4 Å². The van der Waals surface area contributed by atoms with Crippen LogP contribution in [0.3, 0.4) is 0 Å². The fourth-order valence-electron chi connectivity index (χ4n) is 8.02. The van der Waals surface area contributed by atoms with E-state index in [4.69, 9.17) is 4.74 Å². The van der Waals surface area contributed by atoms with Gasteiger partial charge in [-0.15, -0.1) is 0 Å². The third kappa shape index (κ3) is 3.93. The minimum atomic E-state index is -1.16. The average molecular weight is 577 g/mol.